The van der Waals surface area contributed by atoms with E-state index in [1.54, 1.807) is 0 Å². The van der Waals surface area contributed by atoms with Crippen molar-refractivity contribution in [2.75, 3.05) is 0 Å². The van der Waals surface area contributed by atoms with Gasteiger partial charge in [-0.2, -0.15) is 0 Å². The van der Waals surface area contributed by atoms with Crippen molar-refractivity contribution in [2.45, 2.75) is 0 Å². The third-order valence-corrected chi connectivity index (χ3v) is 5.88. The van der Waals surface area contributed by atoms with Crippen molar-refractivity contribution >= 4 is 13.5 Å². The van der Waals surface area contributed by atoms with Crippen molar-refractivity contribution in [3.63, 3.8) is 0 Å². The molecule has 0 aliphatic rings. The van der Waals surface area contributed by atoms with Gasteiger partial charge in [0, 0.05) is 0 Å². The Hall–Kier alpha value is -2.06. The summed E-state index contributed by atoms with van der Waals surface area (Å²) in [4.78, 5) is 0. The first kappa shape index (κ1) is 12.4. The molecule has 2 rings (SSSR count). The van der Waals surface area contributed by atoms with Gasteiger partial charge in [0.1, 0.15) is 5.75 Å². The van der Waals surface area contributed by atoms with Crippen LogP contribution in [0.15, 0.2) is 85.2 Å². The van der Waals surface area contributed by atoms with Gasteiger partial charge in [0.15, 0.2) is 0 Å². The van der Waals surface area contributed by atoms with Gasteiger partial charge < -0.3 is 4.43 Å². The largest absolute Gasteiger partial charge is 0.531 e. The van der Waals surface area contributed by atoms with Crippen molar-refractivity contribution in [2.24, 2.45) is 0 Å². The van der Waals surface area contributed by atoms with Crippen LogP contribution in [0.4, 0.5) is 0 Å². The van der Waals surface area contributed by atoms with E-state index in [1.807, 2.05) is 59.9 Å². The molecule has 0 bridgehead atoms. The molecule has 0 atom stereocenters. The molecule has 0 aromatic heterocycles. The molecule has 0 N–H and O–H groups in total. The highest BCUT2D eigenvalue weighted by molar-refractivity contribution is 6.95. The summed E-state index contributed by atoms with van der Waals surface area (Å²) in [7, 11) is -2.33. The average molecular weight is 252 g/mol. The number of hydrogen-bond donors (Lipinski definition) is 0. The minimum absolute atomic E-state index is 0.854. The zero-order chi connectivity index (χ0) is 12.8. The highest BCUT2D eigenvalue weighted by Gasteiger charge is 2.32. The molecular formula is C16H16OSi. The Morgan fingerprint density at radius 1 is 0.778 bits per heavy atom. The van der Waals surface area contributed by atoms with Crippen LogP contribution in [-0.2, 0) is 0 Å². The Labute approximate surface area is 109 Å². The minimum Gasteiger partial charge on any atom is -0.531 e. The van der Waals surface area contributed by atoms with Crippen LogP contribution in [0.2, 0.25) is 0 Å². The standard InChI is InChI=1S/C16H16OSi/c1-3-18(4-2,16-13-9-6-10-14-16)17-15-11-7-5-8-12-15/h3-14H,1-2H2. The topological polar surface area (TPSA) is 9.23 Å². The van der Waals surface area contributed by atoms with Crippen LogP contribution in [-0.4, -0.2) is 8.32 Å². The van der Waals surface area contributed by atoms with Crippen LogP contribution in [0.3, 0.4) is 0 Å². The summed E-state index contributed by atoms with van der Waals surface area (Å²) in [5, 5.41) is 1.15. The van der Waals surface area contributed by atoms with Gasteiger partial charge in [-0.05, 0) is 17.3 Å². The van der Waals surface area contributed by atoms with Crippen LogP contribution in [0, 0.1) is 0 Å². The number of para-hydroxylation sites is 1. The average Bonchev–Trinajstić information content (AvgIpc) is 2.47. The van der Waals surface area contributed by atoms with E-state index in [0.29, 0.717) is 0 Å². The first-order valence-corrected chi connectivity index (χ1v) is 7.94. The number of benzene rings is 2. The molecule has 0 heterocycles. The summed E-state index contributed by atoms with van der Waals surface area (Å²) < 4.78 is 6.19. The molecule has 0 amide bonds. The van der Waals surface area contributed by atoms with Gasteiger partial charge in [-0.25, -0.2) is 0 Å². The molecule has 0 spiro atoms. The van der Waals surface area contributed by atoms with Gasteiger partial charge in [-0.1, -0.05) is 59.9 Å². The normalized spacial score (nSPS) is 10.7. The van der Waals surface area contributed by atoms with Crippen molar-refractivity contribution < 1.29 is 4.43 Å². The molecule has 2 aromatic carbocycles. The maximum Gasteiger partial charge on any atom is 0.331 e. The Bertz CT molecular complexity index is 511. The van der Waals surface area contributed by atoms with Gasteiger partial charge in [0.2, 0.25) is 0 Å². The number of hydrogen-bond acceptors (Lipinski definition) is 1. The van der Waals surface area contributed by atoms with E-state index in [-0.39, 0.29) is 0 Å². The van der Waals surface area contributed by atoms with Crippen molar-refractivity contribution in [3.05, 3.63) is 85.2 Å². The maximum absolute atomic E-state index is 6.19. The summed E-state index contributed by atoms with van der Waals surface area (Å²) in [6.07, 6.45) is 0. The van der Waals surface area contributed by atoms with Gasteiger partial charge in [-0.3, -0.25) is 0 Å². The summed E-state index contributed by atoms with van der Waals surface area (Å²) >= 11 is 0. The van der Waals surface area contributed by atoms with Crippen LogP contribution in [0.25, 0.3) is 0 Å². The van der Waals surface area contributed by atoms with E-state index in [2.05, 4.69) is 25.3 Å². The van der Waals surface area contributed by atoms with E-state index >= 15 is 0 Å². The summed E-state index contributed by atoms with van der Waals surface area (Å²) in [5.41, 5.74) is 3.81. The van der Waals surface area contributed by atoms with Crippen molar-refractivity contribution in [1.29, 1.82) is 0 Å². The summed E-state index contributed by atoms with van der Waals surface area (Å²) in [6, 6.07) is 20.0. The van der Waals surface area contributed by atoms with Crippen LogP contribution in [0.1, 0.15) is 0 Å². The minimum atomic E-state index is -2.33. The summed E-state index contributed by atoms with van der Waals surface area (Å²) in [6.45, 7) is 7.88. The SMILES string of the molecule is C=C[Si](C=C)(Oc1ccccc1)c1ccccc1. The summed E-state index contributed by atoms with van der Waals surface area (Å²) in [5.74, 6) is 0.854. The van der Waals surface area contributed by atoms with E-state index in [9.17, 15) is 0 Å². The lowest BCUT2D eigenvalue weighted by atomic mass is 10.3. The Balaban J connectivity index is 2.39. The Kier molecular flexibility index (Phi) is 3.80. The van der Waals surface area contributed by atoms with E-state index in [0.717, 1.165) is 10.9 Å². The molecule has 2 aromatic rings. The lowest BCUT2D eigenvalue weighted by Gasteiger charge is -2.25. The van der Waals surface area contributed by atoms with E-state index < -0.39 is 8.32 Å². The predicted molar refractivity (Wildman–Crippen MR) is 79.3 cm³/mol. The quantitative estimate of drug-likeness (QED) is 0.741. The molecule has 1 nitrogen and oxygen atoms in total. The molecule has 0 saturated carbocycles. The third kappa shape index (κ3) is 2.44. The molecule has 0 unspecified atom stereocenters. The lowest BCUT2D eigenvalue weighted by molar-refractivity contribution is 0.575. The monoisotopic (exact) mass is 252 g/mol. The number of rotatable bonds is 5. The van der Waals surface area contributed by atoms with E-state index in [4.69, 9.17) is 4.43 Å². The highest BCUT2D eigenvalue weighted by Crippen LogP contribution is 2.17. The van der Waals surface area contributed by atoms with Gasteiger partial charge in [0.05, 0.1) is 0 Å². The second-order valence-corrected chi connectivity index (χ2v) is 7.17. The molecule has 90 valence electrons. The van der Waals surface area contributed by atoms with Crippen molar-refractivity contribution in [3.8, 4) is 5.75 Å². The van der Waals surface area contributed by atoms with Crippen LogP contribution < -0.4 is 9.61 Å². The maximum atomic E-state index is 6.19. The zero-order valence-electron chi connectivity index (χ0n) is 10.3. The molecule has 0 saturated heterocycles. The van der Waals surface area contributed by atoms with Crippen LogP contribution >= 0.6 is 0 Å². The fourth-order valence-electron chi connectivity index (χ4n) is 1.84. The second-order valence-electron chi connectivity index (χ2n) is 3.98. The predicted octanol–water partition coefficient (Wildman–Crippen LogP) is 3.37. The molecule has 0 aliphatic carbocycles. The van der Waals surface area contributed by atoms with Crippen LogP contribution in [0.5, 0.6) is 5.75 Å². The van der Waals surface area contributed by atoms with Gasteiger partial charge >= 0.3 is 8.32 Å². The molecule has 0 aliphatic heterocycles. The second kappa shape index (κ2) is 5.51. The van der Waals surface area contributed by atoms with Gasteiger partial charge in [-0.15, -0.1) is 13.2 Å². The Morgan fingerprint density at radius 2 is 1.28 bits per heavy atom. The van der Waals surface area contributed by atoms with Gasteiger partial charge in [0.25, 0.3) is 0 Å². The zero-order valence-corrected chi connectivity index (χ0v) is 11.3. The van der Waals surface area contributed by atoms with E-state index in [1.165, 1.54) is 0 Å². The highest BCUT2D eigenvalue weighted by atomic mass is 28.4. The molecule has 2 heteroatoms. The third-order valence-electron chi connectivity index (χ3n) is 2.86. The first-order chi connectivity index (χ1) is 8.80. The Morgan fingerprint density at radius 3 is 1.78 bits per heavy atom. The molecule has 0 fully saturated rings. The molecule has 0 radical (unpaired) electrons. The molecule has 18 heavy (non-hydrogen) atoms. The fraction of sp³-hybridized carbons (Fsp3) is 0. The molecular weight excluding hydrogens is 236 g/mol. The fourth-order valence-corrected chi connectivity index (χ4v) is 4.01. The first-order valence-electron chi connectivity index (χ1n) is 5.87. The van der Waals surface area contributed by atoms with Crippen molar-refractivity contribution in [1.82, 2.24) is 0 Å². The lowest BCUT2D eigenvalue weighted by Crippen LogP contribution is -2.50. The smallest absolute Gasteiger partial charge is 0.331 e.